The Morgan fingerprint density at radius 3 is 3.00 bits per heavy atom. The summed E-state index contributed by atoms with van der Waals surface area (Å²) in [6.45, 7) is 0. The molecule has 2 aromatic rings. The van der Waals surface area contributed by atoms with E-state index in [2.05, 4.69) is 21.4 Å². The SMILES string of the molecule is N#CC1CCCC1NC(=O)c1cccc2nccnc12. The van der Waals surface area contributed by atoms with Crippen LogP contribution in [0.15, 0.2) is 30.6 Å². The van der Waals surface area contributed by atoms with Crippen LogP contribution >= 0.6 is 0 Å². The molecular weight excluding hydrogens is 252 g/mol. The van der Waals surface area contributed by atoms with E-state index in [0.29, 0.717) is 16.6 Å². The van der Waals surface area contributed by atoms with Crippen LogP contribution in [-0.2, 0) is 0 Å². The van der Waals surface area contributed by atoms with Crippen LogP contribution < -0.4 is 5.32 Å². The number of benzene rings is 1. The number of nitrogens with one attached hydrogen (secondary N) is 1. The van der Waals surface area contributed by atoms with Gasteiger partial charge in [0.25, 0.3) is 5.91 Å². The first kappa shape index (κ1) is 12.5. The van der Waals surface area contributed by atoms with Gasteiger partial charge in [-0.3, -0.25) is 14.8 Å². The van der Waals surface area contributed by atoms with Crippen molar-refractivity contribution in [3.05, 3.63) is 36.2 Å². The highest BCUT2D eigenvalue weighted by Gasteiger charge is 2.29. The zero-order valence-electron chi connectivity index (χ0n) is 10.9. The first-order valence-electron chi connectivity index (χ1n) is 6.70. The summed E-state index contributed by atoms with van der Waals surface area (Å²) in [5.74, 6) is -0.261. The van der Waals surface area contributed by atoms with Gasteiger partial charge in [-0.05, 0) is 31.4 Å². The number of rotatable bonds is 2. The van der Waals surface area contributed by atoms with Gasteiger partial charge in [0.2, 0.25) is 0 Å². The van der Waals surface area contributed by atoms with E-state index < -0.39 is 0 Å². The number of hydrogen-bond donors (Lipinski definition) is 1. The second-order valence-corrected chi connectivity index (χ2v) is 4.98. The normalized spacial score (nSPS) is 21.6. The van der Waals surface area contributed by atoms with Gasteiger partial charge in [-0.2, -0.15) is 5.26 Å². The van der Waals surface area contributed by atoms with Crippen molar-refractivity contribution in [1.82, 2.24) is 15.3 Å². The van der Waals surface area contributed by atoms with Crippen molar-refractivity contribution in [2.45, 2.75) is 25.3 Å². The van der Waals surface area contributed by atoms with Crippen molar-refractivity contribution in [2.75, 3.05) is 0 Å². The van der Waals surface area contributed by atoms with Gasteiger partial charge >= 0.3 is 0 Å². The molecule has 1 aromatic carbocycles. The number of nitriles is 1. The maximum atomic E-state index is 12.4. The van der Waals surface area contributed by atoms with Crippen LogP contribution in [-0.4, -0.2) is 21.9 Å². The molecule has 0 bridgehead atoms. The predicted molar refractivity (Wildman–Crippen MR) is 73.7 cm³/mol. The summed E-state index contributed by atoms with van der Waals surface area (Å²) in [4.78, 5) is 20.8. The Morgan fingerprint density at radius 1 is 1.30 bits per heavy atom. The molecule has 0 saturated heterocycles. The first-order chi connectivity index (χ1) is 9.79. The number of carbonyl (C=O) groups excluding carboxylic acids is 1. The van der Waals surface area contributed by atoms with E-state index in [1.807, 2.05) is 6.07 Å². The molecule has 1 amide bonds. The van der Waals surface area contributed by atoms with Gasteiger partial charge in [-0.1, -0.05) is 6.07 Å². The lowest BCUT2D eigenvalue weighted by atomic mass is 10.0. The van der Waals surface area contributed by atoms with Gasteiger partial charge in [0.15, 0.2) is 0 Å². The molecule has 20 heavy (non-hydrogen) atoms. The van der Waals surface area contributed by atoms with Gasteiger partial charge < -0.3 is 5.32 Å². The molecule has 1 fully saturated rings. The van der Waals surface area contributed by atoms with Crippen molar-refractivity contribution in [3.8, 4) is 6.07 Å². The number of fused-ring (bicyclic) bond motifs is 1. The fourth-order valence-electron chi connectivity index (χ4n) is 2.71. The van der Waals surface area contributed by atoms with Gasteiger partial charge in [0.05, 0.1) is 23.1 Å². The molecule has 1 aliphatic rings. The Bertz CT molecular complexity index is 686. The minimum Gasteiger partial charge on any atom is -0.348 e. The summed E-state index contributed by atoms with van der Waals surface area (Å²) < 4.78 is 0. The van der Waals surface area contributed by atoms with E-state index in [1.54, 1.807) is 24.5 Å². The lowest BCUT2D eigenvalue weighted by Gasteiger charge is -2.16. The summed E-state index contributed by atoms with van der Waals surface area (Å²) in [7, 11) is 0. The quantitative estimate of drug-likeness (QED) is 0.902. The number of carbonyl (C=O) groups is 1. The highest BCUT2D eigenvalue weighted by Crippen LogP contribution is 2.25. The Balaban J connectivity index is 1.88. The van der Waals surface area contributed by atoms with E-state index in [9.17, 15) is 4.79 Å². The minimum atomic E-state index is -0.178. The maximum absolute atomic E-state index is 12.4. The average Bonchev–Trinajstić information content (AvgIpc) is 2.93. The number of aromatic nitrogens is 2. The summed E-state index contributed by atoms with van der Waals surface area (Å²) in [5, 5.41) is 12.0. The molecule has 2 unspecified atom stereocenters. The molecule has 0 radical (unpaired) electrons. The van der Waals surface area contributed by atoms with E-state index in [1.165, 1.54) is 0 Å². The molecule has 100 valence electrons. The lowest BCUT2D eigenvalue weighted by molar-refractivity contribution is 0.0934. The van der Waals surface area contributed by atoms with Crippen molar-refractivity contribution in [2.24, 2.45) is 5.92 Å². The Kier molecular flexibility index (Phi) is 3.30. The minimum absolute atomic E-state index is 0.0561. The second-order valence-electron chi connectivity index (χ2n) is 4.98. The van der Waals surface area contributed by atoms with E-state index in [-0.39, 0.29) is 17.9 Å². The average molecular weight is 266 g/mol. The van der Waals surface area contributed by atoms with Gasteiger partial charge in [0.1, 0.15) is 5.52 Å². The van der Waals surface area contributed by atoms with Crippen LogP contribution in [0.25, 0.3) is 11.0 Å². The zero-order valence-corrected chi connectivity index (χ0v) is 10.9. The van der Waals surface area contributed by atoms with Gasteiger partial charge in [-0.15, -0.1) is 0 Å². The summed E-state index contributed by atoms with van der Waals surface area (Å²) in [6, 6.07) is 7.57. The Labute approximate surface area is 116 Å². The van der Waals surface area contributed by atoms with E-state index in [0.717, 1.165) is 19.3 Å². The monoisotopic (exact) mass is 266 g/mol. The molecule has 0 spiro atoms. The van der Waals surface area contributed by atoms with Crippen LogP contribution in [0.5, 0.6) is 0 Å². The molecular formula is C15H14N4O. The number of amides is 1. The van der Waals surface area contributed by atoms with E-state index in [4.69, 9.17) is 5.26 Å². The maximum Gasteiger partial charge on any atom is 0.253 e. The summed E-state index contributed by atoms with van der Waals surface area (Å²) >= 11 is 0. The molecule has 1 N–H and O–H groups in total. The number of hydrogen-bond acceptors (Lipinski definition) is 4. The Morgan fingerprint density at radius 2 is 2.15 bits per heavy atom. The molecule has 2 atom stereocenters. The molecule has 5 nitrogen and oxygen atoms in total. The van der Waals surface area contributed by atoms with Gasteiger partial charge in [0, 0.05) is 18.4 Å². The molecule has 5 heteroatoms. The topological polar surface area (TPSA) is 78.7 Å². The van der Waals surface area contributed by atoms with Crippen molar-refractivity contribution in [1.29, 1.82) is 5.26 Å². The standard InChI is InChI=1S/C15H14N4O/c16-9-10-3-1-5-12(10)19-15(20)11-4-2-6-13-14(11)18-8-7-17-13/h2,4,6-8,10,12H,1,3,5H2,(H,19,20). The first-order valence-corrected chi connectivity index (χ1v) is 6.70. The second kappa shape index (κ2) is 5.25. The van der Waals surface area contributed by atoms with Gasteiger partial charge in [-0.25, -0.2) is 0 Å². The van der Waals surface area contributed by atoms with E-state index >= 15 is 0 Å². The predicted octanol–water partition coefficient (Wildman–Crippen LogP) is 2.05. The lowest BCUT2D eigenvalue weighted by Crippen LogP contribution is -2.37. The number of para-hydroxylation sites is 1. The van der Waals surface area contributed by atoms with Crippen LogP contribution in [0, 0.1) is 17.2 Å². The fraction of sp³-hybridized carbons (Fsp3) is 0.333. The van der Waals surface area contributed by atoms with Crippen molar-refractivity contribution in [3.63, 3.8) is 0 Å². The van der Waals surface area contributed by atoms with Crippen LogP contribution in [0.3, 0.4) is 0 Å². The largest absolute Gasteiger partial charge is 0.348 e. The van der Waals surface area contributed by atoms with Crippen LogP contribution in [0.4, 0.5) is 0 Å². The highest BCUT2D eigenvalue weighted by atomic mass is 16.1. The zero-order chi connectivity index (χ0) is 13.9. The molecule has 1 heterocycles. The summed E-state index contributed by atoms with van der Waals surface area (Å²) in [5.41, 5.74) is 1.81. The number of nitrogens with zero attached hydrogens (tertiary/aromatic N) is 3. The third kappa shape index (κ3) is 2.21. The highest BCUT2D eigenvalue weighted by molar-refractivity contribution is 6.04. The van der Waals surface area contributed by atoms with Crippen LogP contribution in [0.1, 0.15) is 29.6 Å². The van der Waals surface area contributed by atoms with Crippen molar-refractivity contribution < 1.29 is 4.79 Å². The third-order valence-corrected chi connectivity index (χ3v) is 3.74. The molecule has 1 aliphatic carbocycles. The fourth-order valence-corrected chi connectivity index (χ4v) is 2.71. The summed E-state index contributed by atoms with van der Waals surface area (Å²) in [6.07, 6.45) is 5.88. The Hall–Kier alpha value is -2.48. The third-order valence-electron chi connectivity index (χ3n) is 3.74. The molecule has 1 aromatic heterocycles. The van der Waals surface area contributed by atoms with Crippen LogP contribution in [0.2, 0.25) is 0 Å². The van der Waals surface area contributed by atoms with Crippen molar-refractivity contribution >= 4 is 16.9 Å². The molecule has 0 aliphatic heterocycles. The molecule has 1 saturated carbocycles. The smallest absolute Gasteiger partial charge is 0.253 e. The molecule has 3 rings (SSSR count).